The lowest BCUT2D eigenvalue weighted by molar-refractivity contribution is 0.120. The number of aliphatic hydroxyl groups is 1. The van der Waals surface area contributed by atoms with Crippen LogP contribution in [0.5, 0.6) is 0 Å². The molecule has 0 spiro atoms. The van der Waals surface area contributed by atoms with Crippen molar-refractivity contribution in [2.45, 2.75) is 19.4 Å². The van der Waals surface area contributed by atoms with Gasteiger partial charge in [-0.2, -0.15) is 0 Å². The molecule has 0 atom stereocenters. The topological polar surface area (TPSA) is 49.5 Å². The molecule has 1 aliphatic rings. The van der Waals surface area contributed by atoms with Gasteiger partial charge in [-0.15, -0.1) is 0 Å². The third kappa shape index (κ3) is 2.33. The summed E-state index contributed by atoms with van der Waals surface area (Å²) < 4.78 is 5.05. The molecule has 1 fully saturated rings. The van der Waals surface area contributed by atoms with Gasteiger partial charge in [-0.25, -0.2) is 0 Å². The molecule has 0 bridgehead atoms. The molecule has 1 aromatic heterocycles. The van der Waals surface area contributed by atoms with E-state index in [1.165, 1.54) is 0 Å². The number of likely N-dealkylation sites (tertiary alicyclic amines) is 1. The molecule has 14 heavy (non-hydrogen) atoms. The van der Waals surface area contributed by atoms with E-state index in [1.807, 2.05) is 6.07 Å². The molecule has 4 heteroatoms. The van der Waals surface area contributed by atoms with E-state index in [-0.39, 0.29) is 0 Å². The van der Waals surface area contributed by atoms with Crippen LogP contribution < -0.4 is 0 Å². The van der Waals surface area contributed by atoms with Crippen LogP contribution in [0.15, 0.2) is 16.8 Å². The summed E-state index contributed by atoms with van der Waals surface area (Å²) in [4.78, 5) is 2.34. The molecule has 0 unspecified atom stereocenters. The molecular formula is C10H16N2O2. The molecule has 2 heterocycles. The highest BCUT2D eigenvalue weighted by atomic mass is 16.5. The fraction of sp³-hybridized carbons (Fsp3) is 0.700. The van der Waals surface area contributed by atoms with E-state index in [0.29, 0.717) is 12.5 Å². The van der Waals surface area contributed by atoms with Crippen molar-refractivity contribution in [2.75, 3.05) is 19.7 Å². The van der Waals surface area contributed by atoms with Gasteiger partial charge in [0.05, 0.1) is 12.7 Å². The zero-order valence-corrected chi connectivity index (χ0v) is 8.22. The van der Waals surface area contributed by atoms with Crippen LogP contribution in [0.25, 0.3) is 0 Å². The Balaban J connectivity index is 1.79. The van der Waals surface area contributed by atoms with Crippen LogP contribution >= 0.6 is 0 Å². The van der Waals surface area contributed by atoms with E-state index < -0.39 is 0 Å². The van der Waals surface area contributed by atoms with Gasteiger partial charge in [0, 0.05) is 12.7 Å². The largest absolute Gasteiger partial charge is 0.396 e. The van der Waals surface area contributed by atoms with E-state index in [1.54, 1.807) is 6.20 Å². The number of piperidine rings is 1. The molecule has 1 N–H and O–H groups in total. The van der Waals surface area contributed by atoms with E-state index in [4.69, 9.17) is 9.63 Å². The summed E-state index contributed by atoms with van der Waals surface area (Å²) >= 11 is 0. The standard InChI is InChI=1S/C10H16N2O2/c13-8-9-2-5-12(6-3-9)7-10-1-4-11-14-10/h1,4,9,13H,2-3,5-8H2. The predicted molar refractivity (Wildman–Crippen MR) is 51.6 cm³/mol. The minimum absolute atomic E-state index is 0.330. The minimum Gasteiger partial charge on any atom is -0.396 e. The third-order valence-electron chi connectivity index (χ3n) is 2.84. The molecule has 1 saturated heterocycles. The van der Waals surface area contributed by atoms with Gasteiger partial charge in [-0.05, 0) is 31.8 Å². The number of rotatable bonds is 3. The Morgan fingerprint density at radius 1 is 1.50 bits per heavy atom. The normalized spacial score (nSPS) is 20.1. The predicted octanol–water partition coefficient (Wildman–Crippen LogP) is 0.879. The molecule has 2 rings (SSSR count). The van der Waals surface area contributed by atoms with E-state index in [0.717, 1.165) is 38.2 Å². The van der Waals surface area contributed by atoms with Gasteiger partial charge < -0.3 is 9.63 Å². The number of nitrogens with zero attached hydrogens (tertiary/aromatic N) is 2. The van der Waals surface area contributed by atoms with Crippen LogP contribution in [0.1, 0.15) is 18.6 Å². The second-order valence-electron chi connectivity index (χ2n) is 3.88. The van der Waals surface area contributed by atoms with Crippen molar-refractivity contribution in [1.82, 2.24) is 10.1 Å². The van der Waals surface area contributed by atoms with Crippen LogP contribution in [0.2, 0.25) is 0 Å². The first-order valence-corrected chi connectivity index (χ1v) is 5.11. The summed E-state index contributed by atoms with van der Waals surface area (Å²) in [6, 6.07) is 1.90. The molecule has 0 saturated carbocycles. The maximum absolute atomic E-state index is 8.99. The quantitative estimate of drug-likeness (QED) is 0.779. The first-order valence-electron chi connectivity index (χ1n) is 5.11. The van der Waals surface area contributed by atoms with Gasteiger partial charge >= 0.3 is 0 Å². The Morgan fingerprint density at radius 3 is 2.86 bits per heavy atom. The maximum atomic E-state index is 8.99. The van der Waals surface area contributed by atoms with Crippen LogP contribution in [0.4, 0.5) is 0 Å². The van der Waals surface area contributed by atoms with Gasteiger partial charge in [0.25, 0.3) is 0 Å². The molecular weight excluding hydrogens is 180 g/mol. The monoisotopic (exact) mass is 196 g/mol. The summed E-state index contributed by atoms with van der Waals surface area (Å²) in [5, 5.41) is 12.7. The molecule has 4 nitrogen and oxygen atoms in total. The van der Waals surface area contributed by atoms with Gasteiger partial charge in [-0.3, -0.25) is 4.90 Å². The second kappa shape index (κ2) is 4.57. The fourth-order valence-corrected chi connectivity index (χ4v) is 1.87. The van der Waals surface area contributed by atoms with Crippen molar-refractivity contribution in [3.05, 3.63) is 18.0 Å². The molecule has 1 aliphatic heterocycles. The fourth-order valence-electron chi connectivity index (χ4n) is 1.87. The van der Waals surface area contributed by atoms with Crippen molar-refractivity contribution in [1.29, 1.82) is 0 Å². The van der Waals surface area contributed by atoms with Crippen LogP contribution in [0, 0.1) is 5.92 Å². The molecule has 0 aliphatic carbocycles. The number of hydrogen-bond donors (Lipinski definition) is 1. The molecule has 0 aromatic carbocycles. The van der Waals surface area contributed by atoms with Crippen molar-refractivity contribution in [2.24, 2.45) is 5.92 Å². The van der Waals surface area contributed by atoms with Crippen LogP contribution in [0.3, 0.4) is 0 Å². The SMILES string of the molecule is OCC1CCN(Cc2ccno2)CC1. The lowest BCUT2D eigenvalue weighted by Crippen LogP contribution is -2.34. The highest BCUT2D eigenvalue weighted by Gasteiger charge is 2.18. The number of hydrogen-bond acceptors (Lipinski definition) is 4. The Bertz CT molecular complexity index is 253. The van der Waals surface area contributed by atoms with Crippen molar-refractivity contribution < 1.29 is 9.63 Å². The second-order valence-corrected chi connectivity index (χ2v) is 3.88. The Labute approximate surface area is 83.5 Å². The molecule has 78 valence electrons. The van der Waals surface area contributed by atoms with Gasteiger partial charge in [0.15, 0.2) is 5.76 Å². The third-order valence-corrected chi connectivity index (χ3v) is 2.84. The zero-order chi connectivity index (χ0) is 9.80. The van der Waals surface area contributed by atoms with Gasteiger partial charge in [-0.1, -0.05) is 5.16 Å². The van der Waals surface area contributed by atoms with Crippen LogP contribution in [-0.2, 0) is 6.54 Å². The highest BCUT2D eigenvalue weighted by Crippen LogP contribution is 2.17. The number of aliphatic hydroxyl groups excluding tert-OH is 1. The number of aromatic nitrogens is 1. The first-order chi connectivity index (χ1) is 6.88. The molecule has 1 aromatic rings. The van der Waals surface area contributed by atoms with Gasteiger partial charge in [0.2, 0.25) is 0 Å². The van der Waals surface area contributed by atoms with E-state index >= 15 is 0 Å². The summed E-state index contributed by atoms with van der Waals surface area (Å²) in [6.07, 6.45) is 3.85. The highest BCUT2D eigenvalue weighted by molar-refractivity contribution is 4.93. The Hall–Kier alpha value is -0.870. The lowest BCUT2D eigenvalue weighted by atomic mass is 9.98. The van der Waals surface area contributed by atoms with Crippen molar-refractivity contribution in [3.8, 4) is 0 Å². The van der Waals surface area contributed by atoms with Crippen molar-refractivity contribution >= 4 is 0 Å². The van der Waals surface area contributed by atoms with Crippen molar-refractivity contribution in [3.63, 3.8) is 0 Å². The summed E-state index contributed by atoms with van der Waals surface area (Å²) in [5.74, 6) is 1.42. The average Bonchev–Trinajstić information content (AvgIpc) is 2.72. The zero-order valence-electron chi connectivity index (χ0n) is 8.22. The molecule has 0 amide bonds. The van der Waals surface area contributed by atoms with E-state index in [9.17, 15) is 0 Å². The Morgan fingerprint density at radius 2 is 2.29 bits per heavy atom. The maximum Gasteiger partial charge on any atom is 0.150 e. The smallest absolute Gasteiger partial charge is 0.150 e. The average molecular weight is 196 g/mol. The lowest BCUT2D eigenvalue weighted by Gasteiger charge is -2.30. The minimum atomic E-state index is 0.330. The summed E-state index contributed by atoms with van der Waals surface area (Å²) in [5.41, 5.74) is 0. The first kappa shape index (κ1) is 9.68. The molecule has 0 radical (unpaired) electrons. The summed E-state index contributed by atoms with van der Waals surface area (Å²) in [6.45, 7) is 3.27. The Kier molecular flexibility index (Phi) is 3.16. The van der Waals surface area contributed by atoms with E-state index in [2.05, 4.69) is 10.1 Å². The van der Waals surface area contributed by atoms with Gasteiger partial charge in [0.1, 0.15) is 0 Å². The summed E-state index contributed by atoms with van der Waals surface area (Å²) in [7, 11) is 0. The van der Waals surface area contributed by atoms with Crippen LogP contribution in [-0.4, -0.2) is 34.9 Å².